The standard InChI is InChI=1S/C11H7Cl2F3N4O2S/c1-23(21,22)10-19-18-9(11(14,15)16)20(10)17-5-6-2-3-7(12)4-8(6)13/h2-5H,1H3/b17-5+. The summed E-state index contributed by atoms with van der Waals surface area (Å²) in [4.78, 5) is 0. The number of sulfone groups is 1. The van der Waals surface area contributed by atoms with Gasteiger partial charge in [-0.2, -0.15) is 22.9 Å². The number of benzene rings is 1. The normalized spacial score (nSPS) is 13.0. The maximum absolute atomic E-state index is 12.9. The second-order valence-electron chi connectivity index (χ2n) is 4.30. The molecule has 0 aliphatic rings. The molecule has 0 bridgehead atoms. The Balaban J connectivity index is 2.57. The number of hydrogen-bond donors (Lipinski definition) is 0. The van der Waals surface area contributed by atoms with Crippen LogP contribution in [0.25, 0.3) is 0 Å². The first kappa shape index (κ1) is 17.7. The van der Waals surface area contributed by atoms with Crippen LogP contribution >= 0.6 is 23.2 Å². The molecular weight excluding hydrogens is 380 g/mol. The Labute approximate surface area is 138 Å². The molecule has 0 fully saturated rings. The number of aromatic nitrogens is 3. The lowest BCUT2D eigenvalue weighted by Gasteiger charge is -2.06. The lowest BCUT2D eigenvalue weighted by atomic mass is 10.2. The van der Waals surface area contributed by atoms with Gasteiger partial charge >= 0.3 is 6.18 Å². The van der Waals surface area contributed by atoms with E-state index in [4.69, 9.17) is 23.2 Å². The lowest BCUT2D eigenvalue weighted by Crippen LogP contribution is -2.15. The molecule has 23 heavy (non-hydrogen) atoms. The monoisotopic (exact) mass is 386 g/mol. The molecule has 0 spiro atoms. The maximum Gasteiger partial charge on any atom is 0.453 e. The Kier molecular flexibility index (Phi) is 4.69. The van der Waals surface area contributed by atoms with Crippen LogP contribution in [0, 0.1) is 0 Å². The molecule has 0 aliphatic heterocycles. The van der Waals surface area contributed by atoms with Crippen molar-refractivity contribution in [1.82, 2.24) is 14.9 Å². The summed E-state index contributed by atoms with van der Waals surface area (Å²) in [6, 6.07) is 4.22. The molecule has 0 amide bonds. The van der Waals surface area contributed by atoms with E-state index in [1.54, 1.807) is 0 Å². The molecule has 12 heteroatoms. The van der Waals surface area contributed by atoms with E-state index in [-0.39, 0.29) is 15.3 Å². The zero-order valence-corrected chi connectivity index (χ0v) is 13.5. The van der Waals surface area contributed by atoms with Crippen molar-refractivity contribution in [2.75, 3.05) is 6.26 Å². The Morgan fingerprint density at radius 2 is 1.91 bits per heavy atom. The fourth-order valence-corrected chi connectivity index (χ4v) is 2.60. The molecule has 124 valence electrons. The van der Waals surface area contributed by atoms with Crippen molar-refractivity contribution in [1.29, 1.82) is 0 Å². The van der Waals surface area contributed by atoms with Crippen LogP contribution in [0.1, 0.15) is 11.4 Å². The predicted octanol–water partition coefficient (Wildman–Crippen LogP) is 2.89. The number of hydrogen-bond acceptors (Lipinski definition) is 5. The zero-order valence-electron chi connectivity index (χ0n) is 11.2. The van der Waals surface area contributed by atoms with Crippen molar-refractivity contribution in [3.05, 3.63) is 39.6 Å². The molecule has 6 nitrogen and oxygen atoms in total. The van der Waals surface area contributed by atoms with Crippen molar-refractivity contribution < 1.29 is 21.6 Å². The van der Waals surface area contributed by atoms with E-state index in [2.05, 4.69) is 15.3 Å². The number of rotatable bonds is 3. The fraction of sp³-hybridized carbons (Fsp3) is 0.182. The van der Waals surface area contributed by atoms with E-state index >= 15 is 0 Å². The molecular formula is C11H7Cl2F3N4O2S. The van der Waals surface area contributed by atoms with Gasteiger partial charge in [-0.25, -0.2) is 8.42 Å². The molecule has 1 heterocycles. The van der Waals surface area contributed by atoms with Crippen LogP contribution in [0.15, 0.2) is 28.5 Å². The Morgan fingerprint density at radius 3 is 2.43 bits per heavy atom. The largest absolute Gasteiger partial charge is 0.453 e. The van der Waals surface area contributed by atoms with Crippen LogP contribution in [0.2, 0.25) is 10.0 Å². The molecule has 0 atom stereocenters. The third-order valence-electron chi connectivity index (χ3n) is 2.47. The van der Waals surface area contributed by atoms with Crippen LogP contribution in [0.5, 0.6) is 0 Å². The molecule has 0 saturated carbocycles. The van der Waals surface area contributed by atoms with Gasteiger partial charge in [0.2, 0.25) is 9.84 Å². The lowest BCUT2D eigenvalue weighted by molar-refractivity contribution is -0.147. The summed E-state index contributed by atoms with van der Waals surface area (Å²) in [6.07, 6.45) is -3.29. The minimum atomic E-state index is -4.93. The van der Waals surface area contributed by atoms with Gasteiger partial charge in [0.05, 0.1) is 11.2 Å². The highest BCUT2D eigenvalue weighted by Gasteiger charge is 2.40. The zero-order chi connectivity index (χ0) is 17.4. The minimum Gasteiger partial charge on any atom is -0.221 e. The minimum absolute atomic E-state index is 0.0975. The Morgan fingerprint density at radius 1 is 1.26 bits per heavy atom. The SMILES string of the molecule is CS(=O)(=O)c1nnc(C(F)(F)F)n1/N=C/c1ccc(Cl)cc1Cl. The molecule has 0 saturated heterocycles. The molecule has 2 aromatic rings. The summed E-state index contributed by atoms with van der Waals surface area (Å²) >= 11 is 11.6. The fourth-order valence-electron chi connectivity index (χ4n) is 1.50. The van der Waals surface area contributed by atoms with E-state index in [0.717, 1.165) is 6.21 Å². The number of nitrogens with zero attached hydrogens (tertiary/aromatic N) is 4. The van der Waals surface area contributed by atoms with Crippen LogP contribution in [0.4, 0.5) is 13.2 Å². The molecule has 1 aromatic heterocycles. The second kappa shape index (κ2) is 6.10. The summed E-state index contributed by atoms with van der Waals surface area (Å²) in [5, 5.41) is 8.90. The first-order valence-corrected chi connectivity index (χ1v) is 8.37. The van der Waals surface area contributed by atoms with E-state index < -0.39 is 27.0 Å². The smallest absolute Gasteiger partial charge is 0.221 e. The van der Waals surface area contributed by atoms with Gasteiger partial charge in [-0.15, -0.1) is 10.2 Å². The van der Waals surface area contributed by atoms with E-state index in [1.807, 2.05) is 0 Å². The molecule has 2 rings (SSSR count). The molecule has 0 unspecified atom stereocenters. The topological polar surface area (TPSA) is 77.2 Å². The third-order valence-corrected chi connectivity index (χ3v) is 3.95. The summed E-state index contributed by atoms with van der Waals surface area (Å²) in [5.41, 5.74) is 0.234. The van der Waals surface area contributed by atoms with Gasteiger partial charge in [-0.05, 0) is 12.1 Å². The molecule has 1 aromatic carbocycles. The predicted molar refractivity (Wildman–Crippen MR) is 77.6 cm³/mol. The van der Waals surface area contributed by atoms with Crippen LogP contribution < -0.4 is 0 Å². The first-order chi connectivity index (χ1) is 10.5. The van der Waals surface area contributed by atoms with Gasteiger partial charge in [-0.3, -0.25) is 0 Å². The van der Waals surface area contributed by atoms with Crippen molar-refractivity contribution in [2.24, 2.45) is 5.10 Å². The van der Waals surface area contributed by atoms with Gasteiger partial charge in [0.25, 0.3) is 11.0 Å². The maximum atomic E-state index is 12.9. The average molecular weight is 387 g/mol. The summed E-state index contributed by atoms with van der Waals surface area (Å²) < 4.78 is 61.7. The van der Waals surface area contributed by atoms with Gasteiger partial charge in [-0.1, -0.05) is 29.3 Å². The van der Waals surface area contributed by atoms with E-state index in [0.29, 0.717) is 11.3 Å². The van der Waals surface area contributed by atoms with Crippen molar-refractivity contribution in [2.45, 2.75) is 11.3 Å². The summed E-state index contributed by atoms with van der Waals surface area (Å²) in [6.45, 7) is 0. The van der Waals surface area contributed by atoms with Crippen LogP contribution in [0.3, 0.4) is 0 Å². The second-order valence-corrected chi connectivity index (χ2v) is 7.05. The highest BCUT2D eigenvalue weighted by molar-refractivity contribution is 7.90. The van der Waals surface area contributed by atoms with Gasteiger partial charge in [0.15, 0.2) is 0 Å². The van der Waals surface area contributed by atoms with Crippen molar-refractivity contribution in [3.63, 3.8) is 0 Å². The average Bonchev–Trinajstić information content (AvgIpc) is 2.81. The molecule has 0 radical (unpaired) electrons. The number of halogens is 5. The molecule has 0 N–H and O–H groups in total. The Hall–Kier alpha value is -1.65. The Bertz CT molecular complexity index is 878. The third kappa shape index (κ3) is 4.01. The highest BCUT2D eigenvalue weighted by atomic mass is 35.5. The highest BCUT2D eigenvalue weighted by Crippen LogP contribution is 2.29. The van der Waals surface area contributed by atoms with Crippen molar-refractivity contribution in [3.8, 4) is 0 Å². The van der Waals surface area contributed by atoms with E-state index in [9.17, 15) is 21.6 Å². The van der Waals surface area contributed by atoms with Crippen molar-refractivity contribution >= 4 is 39.3 Å². The molecule has 0 aliphatic carbocycles. The summed E-state index contributed by atoms with van der Waals surface area (Å²) in [5.74, 6) is -1.57. The van der Waals surface area contributed by atoms with Crippen LogP contribution in [-0.2, 0) is 16.0 Å². The van der Waals surface area contributed by atoms with Gasteiger partial charge in [0.1, 0.15) is 0 Å². The number of alkyl halides is 3. The van der Waals surface area contributed by atoms with Gasteiger partial charge in [0, 0.05) is 16.8 Å². The van der Waals surface area contributed by atoms with Crippen LogP contribution in [-0.4, -0.2) is 35.8 Å². The quantitative estimate of drug-likeness (QED) is 0.759. The first-order valence-electron chi connectivity index (χ1n) is 5.72. The van der Waals surface area contributed by atoms with E-state index in [1.165, 1.54) is 18.2 Å². The summed E-state index contributed by atoms with van der Waals surface area (Å²) in [7, 11) is -4.07. The van der Waals surface area contributed by atoms with Gasteiger partial charge < -0.3 is 0 Å².